The maximum Gasteiger partial charge on any atom is 0.142 e. The Morgan fingerprint density at radius 1 is 1.50 bits per heavy atom. The largest absolute Gasteiger partial charge is 0.245 e. The third-order valence-corrected chi connectivity index (χ3v) is 1.87. The fourth-order valence-electron chi connectivity index (χ4n) is 1.07. The predicted molar refractivity (Wildman–Crippen MR) is 51.1 cm³/mol. The first kappa shape index (κ1) is 8.73. The van der Waals surface area contributed by atoms with Crippen LogP contribution in [0.5, 0.6) is 0 Å². The summed E-state index contributed by atoms with van der Waals surface area (Å²) in [4.78, 5) is 3.85. The summed E-state index contributed by atoms with van der Waals surface area (Å²) >= 11 is 5.72. The van der Waals surface area contributed by atoms with Gasteiger partial charge in [-0.05, 0) is 6.07 Å². The van der Waals surface area contributed by atoms with E-state index >= 15 is 0 Å². The lowest BCUT2D eigenvalue weighted by Crippen LogP contribution is -1.95. The Bertz CT molecular complexity index is 498. The summed E-state index contributed by atoms with van der Waals surface area (Å²) in [5.41, 5.74) is 1.12. The number of rotatable bonds is 1. The first-order valence-corrected chi connectivity index (χ1v) is 4.24. The van der Waals surface area contributed by atoms with Crippen molar-refractivity contribution in [1.29, 1.82) is 5.26 Å². The molecule has 0 saturated carbocycles. The van der Waals surface area contributed by atoms with Gasteiger partial charge in [0.25, 0.3) is 0 Å². The number of halogens is 1. The molecule has 4 nitrogen and oxygen atoms in total. The molecule has 0 atom stereocenters. The second-order valence-electron chi connectivity index (χ2n) is 2.61. The maximum absolute atomic E-state index is 8.65. The fourth-order valence-corrected chi connectivity index (χ4v) is 1.20. The second kappa shape index (κ2) is 3.48. The van der Waals surface area contributed by atoms with E-state index in [2.05, 4.69) is 10.1 Å². The topological polar surface area (TPSA) is 54.5 Å². The van der Waals surface area contributed by atoms with Crippen molar-refractivity contribution in [2.24, 2.45) is 0 Å². The van der Waals surface area contributed by atoms with Gasteiger partial charge in [0.1, 0.15) is 11.8 Å². The third-order valence-electron chi connectivity index (χ3n) is 1.67. The minimum atomic E-state index is 0.356. The van der Waals surface area contributed by atoms with Crippen LogP contribution in [0.25, 0.3) is 5.69 Å². The normalized spacial score (nSPS) is 9.71. The van der Waals surface area contributed by atoms with Gasteiger partial charge in [-0.3, -0.25) is 0 Å². The second-order valence-corrected chi connectivity index (χ2v) is 3.05. The molecule has 0 saturated heterocycles. The van der Waals surface area contributed by atoms with Crippen LogP contribution in [0, 0.1) is 11.3 Å². The Morgan fingerprint density at radius 3 is 3.00 bits per heavy atom. The smallest absolute Gasteiger partial charge is 0.142 e. The van der Waals surface area contributed by atoms with Crippen LogP contribution >= 0.6 is 11.6 Å². The number of hydrogen-bond acceptors (Lipinski definition) is 3. The van der Waals surface area contributed by atoms with Gasteiger partial charge in [-0.2, -0.15) is 10.4 Å². The summed E-state index contributed by atoms with van der Waals surface area (Å²) < 4.78 is 1.59. The quantitative estimate of drug-likeness (QED) is 0.712. The lowest BCUT2D eigenvalue weighted by molar-refractivity contribution is 0.876. The van der Waals surface area contributed by atoms with Crippen molar-refractivity contribution < 1.29 is 0 Å². The lowest BCUT2D eigenvalue weighted by atomic mass is 10.3. The molecule has 2 aromatic rings. The van der Waals surface area contributed by atoms with Crippen molar-refractivity contribution in [3.63, 3.8) is 0 Å². The number of nitriles is 1. The van der Waals surface area contributed by atoms with Gasteiger partial charge in [-0.25, -0.2) is 9.67 Å². The molecule has 14 heavy (non-hydrogen) atoms. The van der Waals surface area contributed by atoms with E-state index < -0.39 is 0 Å². The van der Waals surface area contributed by atoms with Gasteiger partial charge in [0.15, 0.2) is 0 Å². The Morgan fingerprint density at radius 2 is 2.36 bits per heavy atom. The fraction of sp³-hybridized carbons (Fsp3) is 0. The van der Waals surface area contributed by atoms with E-state index in [1.54, 1.807) is 29.2 Å². The molecular weight excluding hydrogens is 200 g/mol. The van der Waals surface area contributed by atoms with Crippen molar-refractivity contribution in [2.75, 3.05) is 0 Å². The standard InChI is InChI=1S/C9H5ClN4/c10-7-5-13-14(6-7)9-1-2-12-8(3-9)4-11/h1-3,5-6H. The van der Waals surface area contributed by atoms with Gasteiger partial charge >= 0.3 is 0 Å². The minimum Gasteiger partial charge on any atom is -0.245 e. The number of nitrogens with zero attached hydrogens (tertiary/aromatic N) is 4. The molecule has 2 aromatic heterocycles. The van der Waals surface area contributed by atoms with Gasteiger partial charge in [0, 0.05) is 18.5 Å². The van der Waals surface area contributed by atoms with Crippen LogP contribution in [0.2, 0.25) is 5.02 Å². The highest BCUT2D eigenvalue weighted by Crippen LogP contribution is 2.11. The summed E-state index contributed by atoms with van der Waals surface area (Å²) in [5.74, 6) is 0. The lowest BCUT2D eigenvalue weighted by Gasteiger charge is -1.99. The van der Waals surface area contributed by atoms with Crippen LogP contribution in [-0.2, 0) is 0 Å². The first-order chi connectivity index (χ1) is 6.79. The molecular formula is C9H5ClN4. The number of pyridine rings is 1. The Labute approximate surface area is 85.4 Å². The van der Waals surface area contributed by atoms with Gasteiger partial charge in [-0.15, -0.1) is 0 Å². The van der Waals surface area contributed by atoms with Crippen LogP contribution in [0.3, 0.4) is 0 Å². The average Bonchev–Trinajstić information content (AvgIpc) is 2.65. The molecule has 2 heterocycles. The SMILES string of the molecule is N#Cc1cc(-n2cc(Cl)cn2)ccn1. The molecule has 68 valence electrons. The van der Waals surface area contributed by atoms with E-state index in [0.29, 0.717) is 10.7 Å². The zero-order valence-corrected chi connectivity index (χ0v) is 7.81. The van der Waals surface area contributed by atoms with Crippen molar-refractivity contribution in [3.05, 3.63) is 41.4 Å². The minimum absolute atomic E-state index is 0.356. The van der Waals surface area contributed by atoms with Crippen LogP contribution in [0.4, 0.5) is 0 Å². The van der Waals surface area contributed by atoms with Crippen molar-refractivity contribution in [1.82, 2.24) is 14.8 Å². The molecule has 2 rings (SSSR count). The zero-order valence-electron chi connectivity index (χ0n) is 7.05. The third kappa shape index (κ3) is 1.58. The van der Waals surface area contributed by atoms with Crippen molar-refractivity contribution in [2.45, 2.75) is 0 Å². The van der Waals surface area contributed by atoms with Gasteiger partial charge in [-0.1, -0.05) is 11.6 Å². The molecule has 0 fully saturated rings. The molecule has 0 aliphatic heterocycles. The van der Waals surface area contributed by atoms with Gasteiger partial charge in [0.05, 0.1) is 16.9 Å². The van der Waals surface area contributed by atoms with E-state index in [9.17, 15) is 0 Å². The van der Waals surface area contributed by atoms with Crippen LogP contribution in [0.15, 0.2) is 30.7 Å². The highest BCUT2D eigenvalue weighted by Gasteiger charge is 2.00. The Balaban J connectivity index is 2.47. The van der Waals surface area contributed by atoms with Crippen molar-refractivity contribution >= 4 is 11.6 Å². The molecule has 0 spiro atoms. The summed E-state index contributed by atoms with van der Waals surface area (Å²) in [5, 5.41) is 13.2. The maximum atomic E-state index is 8.65. The average molecular weight is 205 g/mol. The predicted octanol–water partition coefficient (Wildman–Crippen LogP) is 1.79. The molecule has 0 amide bonds. The van der Waals surface area contributed by atoms with E-state index in [1.165, 1.54) is 6.20 Å². The van der Waals surface area contributed by atoms with E-state index in [4.69, 9.17) is 16.9 Å². The summed E-state index contributed by atoms with van der Waals surface area (Å²) in [6.45, 7) is 0. The molecule has 0 unspecified atom stereocenters. The zero-order chi connectivity index (χ0) is 9.97. The first-order valence-electron chi connectivity index (χ1n) is 3.86. The summed E-state index contributed by atoms with van der Waals surface area (Å²) in [6, 6.07) is 5.36. The van der Waals surface area contributed by atoms with Crippen molar-refractivity contribution in [3.8, 4) is 11.8 Å². The van der Waals surface area contributed by atoms with E-state index in [-0.39, 0.29) is 0 Å². The number of hydrogen-bond donors (Lipinski definition) is 0. The Hall–Kier alpha value is -1.86. The van der Waals surface area contributed by atoms with Crippen LogP contribution in [-0.4, -0.2) is 14.8 Å². The Kier molecular flexibility index (Phi) is 2.17. The molecule has 0 N–H and O–H groups in total. The molecule has 0 aliphatic carbocycles. The van der Waals surface area contributed by atoms with E-state index in [0.717, 1.165) is 5.69 Å². The molecule has 0 aliphatic rings. The number of aromatic nitrogens is 3. The highest BCUT2D eigenvalue weighted by molar-refractivity contribution is 6.30. The van der Waals surface area contributed by atoms with E-state index in [1.807, 2.05) is 6.07 Å². The molecule has 0 bridgehead atoms. The monoisotopic (exact) mass is 204 g/mol. The highest BCUT2D eigenvalue weighted by atomic mass is 35.5. The summed E-state index contributed by atoms with van der Waals surface area (Å²) in [7, 11) is 0. The van der Waals surface area contributed by atoms with Gasteiger partial charge < -0.3 is 0 Å². The summed E-state index contributed by atoms with van der Waals surface area (Å²) in [6.07, 6.45) is 4.76. The van der Waals surface area contributed by atoms with Crippen LogP contribution in [0.1, 0.15) is 5.69 Å². The molecule has 5 heteroatoms. The van der Waals surface area contributed by atoms with Crippen LogP contribution < -0.4 is 0 Å². The van der Waals surface area contributed by atoms with Gasteiger partial charge in [0.2, 0.25) is 0 Å². The molecule has 0 aromatic carbocycles. The molecule has 0 radical (unpaired) electrons.